The van der Waals surface area contributed by atoms with Gasteiger partial charge in [-0.3, -0.25) is 0 Å². The van der Waals surface area contributed by atoms with Crippen LogP contribution in [0.15, 0.2) is 58.3 Å². The van der Waals surface area contributed by atoms with Crippen LogP contribution in [0, 0.1) is 13.8 Å². The van der Waals surface area contributed by atoms with Gasteiger partial charge in [-0.1, -0.05) is 35.4 Å². The first-order valence-electron chi connectivity index (χ1n) is 7.87. The third kappa shape index (κ3) is 10.0. The Bertz CT molecular complexity index is 490. The van der Waals surface area contributed by atoms with E-state index in [4.69, 9.17) is 8.37 Å². The lowest BCUT2D eigenvalue weighted by molar-refractivity contribution is 0.215. The number of ether oxygens (including phenoxy) is 1. The quantitative estimate of drug-likeness (QED) is 0.441. The second-order valence-electron chi connectivity index (χ2n) is 5.01. The fraction of sp³-hybridized carbons (Fsp3) is 0.368. The zero-order valence-corrected chi connectivity index (χ0v) is 16.4. The van der Waals surface area contributed by atoms with E-state index in [0.29, 0.717) is 13.2 Å². The molecule has 0 aliphatic carbocycles. The fourth-order valence-corrected chi connectivity index (χ4v) is 2.54. The van der Waals surface area contributed by atoms with Crippen LogP contribution in [0.3, 0.4) is 0 Å². The maximum Gasteiger partial charge on any atom is 0.0865 e. The van der Waals surface area contributed by atoms with Crippen molar-refractivity contribution in [3.05, 3.63) is 59.7 Å². The Hall–Kier alpha value is -0.980. The van der Waals surface area contributed by atoms with Crippen LogP contribution in [-0.2, 0) is 13.1 Å². The largest absolute Gasteiger partial charge is 0.385 e. The molecule has 0 N–H and O–H groups in total. The van der Waals surface area contributed by atoms with Gasteiger partial charge in [0, 0.05) is 47.6 Å². The summed E-state index contributed by atoms with van der Waals surface area (Å²) < 4.78 is 15.5. The second-order valence-corrected chi connectivity index (χ2v) is 6.76. The number of rotatable bonds is 8. The average Bonchev–Trinajstić information content (AvgIpc) is 2.61. The zero-order chi connectivity index (χ0) is 17.6. The van der Waals surface area contributed by atoms with Crippen molar-refractivity contribution in [3.8, 4) is 0 Å². The van der Waals surface area contributed by atoms with Crippen molar-refractivity contribution in [1.29, 1.82) is 0 Å². The molecule has 0 saturated carbocycles. The van der Waals surface area contributed by atoms with Crippen LogP contribution in [0.1, 0.15) is 18.1 Å². The van der Waals surface area contributed by atoms with Gasteiger partial charge in [-0.05, 0) is 45.0 Å². The van der Waals surface area contributed by atoms with Crippen molar-refractivity contribution in [1.82, 2.24) is 0 Å². The van der Waals surface area contributed by atoms with E-state index in [1.54, 1.807) is 7.11 Å². The molecule has 0 bridgehead atoms. The first-order valence-corrected chi connectivity index (χ1v) is 9.35. The minimum Gasteiger partial charge on any atom is -0.385 e. The molecule has 132 valence electrons. The van der Waals surface area contributed by atoms with Crippen LogP contribution in [0.4, 0.5) is 0 Å². The van der Waals surface area contributed by atoms with Crippen molar-refractivity contribution in [2.24, 2.45) is 0 Å². The zero-order valence-electron chi connectivity index (χ0n) is 14.8. The first-order chi connectivity index (χ1) is 11.7. The van der Waals surface area contributed by atoms with Gasteiger partial charge >= 0.3 is 0 Å². The van der Waals surface area contributed by atoms with Crippen molar-refractivity contribution in [2.45, 2.75) is 30.6 Å². The van der Waals surface area contributed by atoms with Crippen LogP contribution in [0.5, 0.6) is 0 Å². The molecule has 0 spiro atoms. The van der Waals surface area contributed by atoms with Crippen molar-refractivity contribution in [2.75, 3.05) is 26.9 Å². The molecule has 0 saturated heterocycles. The molecule has 0 aromatic heterocycles. The number of methoxy groups -OCH3 is 1. The van der Waals surface area contributed by atoms with E-state index in [9.17, 15) is 0 Å². The number of benzene rings is 2. The lowest BCUT2D eigenvalue weighted by Gasteiger charge is -2.04. The summed E-state index contributed by atoms with van der Waals surface area (Å²) in [6.07, 6.45) is 0. The summed E-state index contributed by atoms with van der Waals surface area (Å²) in [4.78, 5) is 2.23. The topological polar surface area (TPSA) is 27.7 Å². The number of hydrogen-bond donors (Lipinski definition) is 0. The Morgan fingerprint density at radius 1 is 0.708 bits per heavy atom. The highest BCUT2D eigenvalue weighted by molar-refractivity contribution is 7.95. The van der Waals surface area contributed by atoms with Gasteiger partial charge in [-0.2, -0.15) is 0 Å². The molecule has 2 rings (SSSR count). The summed E-state index contributed by atoms with van der Waals surface area (Å²) in [5.74, 6) is 0. The highest BCUT2D eigenvalue weighted by Crippen LogP contribution is 2.21. The van der Waals surface area contributed by atoms with E-state index in [1.165, 1.54) is 35.2 Å². The SMILES string of the molecule is CCOC.Cc1ccc(SOCCOSc2ccc(C)cc2)cc1. The number of hydrogen-bond acceptors (Lipinski definition) is 5. The molecule has 2 aromatic rings. The maximum absolute atomic E-state index is 5.49. The third-order valence-electron chi connectivity index (χ3n) is 2.89. The Morgan fingerprint density at radius 2 is 1.04 bits per heavy atom. The van der Waals surface area contributed by atoms with Crippen LogP contribution in [-0.4, -0.2) is 26.9 Å². The Labute approximate surface area is 154 Å². The van der Waals surface area contributed by atoms with Gasteiger partial charge in [0.05, 0.1) is 13.2 Å². The van der Waals surface area contributed by atoms with Crippen LogP contribution >= 0.6 is 24.1 Å². The van der Waals surface area contributed by atoms with Gasteiger partial charge in [0.15, 0.2) is 0 Å². The summed E-state index contributed by atoms with van der Waals surface area (Å²) in [6, 6.07) is 16.5. The maximum atomic E-state index is 5.49. The first kappa shape index (κ1) is 21.1. The van der Waals surface area contributed by atoms with E-state index < -0.39 is 0 Å². The molecule has 0 heterocycles. The summed E-state index contributed by atoms with van der Waals surface area (Å²) >= 11 is 2.78. The minimum absolute atomic E-state index is 0.567. The summed E-state index contributed by atoms with van der Waals surface area (Å²) in [5, 5.41) is 0. The van der Waals surface area contributed by atoms with E-state index in [1.807, 2.05) is 6.92 Å². The molecule has 0 fully saturated rings. The Kier molecular flexibility index (Phi) is 11.7. The normalized spacial score (nSPS) is 10.2. The van der Waals surface area contributed by atoms with E-state index in [0.717, 1.165) is 16.4 Å². The van der Waals surface area contributed by atoms with Gasteiger partial charge in [0.25, 0.3) is 0 Å². The molecular formula is C19H26O3S2. The predicted octanol–water partition coefficient (Wildman–Crippen LogP) is 5.70. The molecule has 2 aromatic carbocycles. The smallest absolute Gasteiger partial charge is 0.0865 e. The molecule has 0 amide bonds. The van der Waals surface area contributed by atoms with E-state index >= 15 is 0 Å². The highest BCUT2D eigenvalue weighted by Gasteiger charge is 1.97. The lowest BCUT2D eigenvalue weighted by atomic mass is 10.2. The van der Waals surface area contributed by atoms with Crippen molar-refractivity contribution < 1.29 is 13.1 Å². The second kappa shape index (κ2) is 13.3. The fourth-order valence-electron chi connectivity index (χ4n) is 1.48. The predicted molar refractivity (Wildman–Crippen MR) is 104 cm³/mol. The van der Waals surface area contributed by atoms with Gasteiger partial charge in [-0.25, -0.2) is 0 Å². The molecule has 0 aliphatic heterocycles. The highest BCUT2D eigenvalue weighted by atomic mass is 32.2. The third-order valence-corrected chi connectivity index (χ3v) is 4.39. The van der Waals surface area contributed by atoms with Crippen LogP contribution in [0.2, 0.25) is 0 Å². The van der Waals surface area contributed by atoms with Gasteiger partial charge in [0.2, 0.25) is 0 Å². The molecule has 5 heteroatoms. The molecule has 0 unspecified atom stereocenters. The van der Waals surface area contributed by atoms with Gasteiger partial charge in [-0.15, -0.1) is 0 Å². The van der Waals surface area contributed by atoms with Crippen LogP contribution < -0.4 is 0 Å². The van der Waals surface area contributed by atoms with Gasteiger partial charge < -0.3 is 13.1 Å². The molecule has 0 atom stereocenters. The summed E-state index contributed by atoms with van der Waals surface area (Å²) in [5.41, 5.74) is 2.51. The summed E-state index contributed by atoms with van der Waals surface area (Å²) in [6.45, 7) is 8.06. The molecular weight excluding hydrogens is 340 g/mol. The summed E-state index contributed by atoms with van der Waals surface area (Å²) in [7, 11) is 1.68. The Balaban J connectivity index is 0.000000648. The molecule has 0 aliphatic rings. The molecule has 3 nitrogen and oxygen atoms in total. The standard InChI is InChI=1S/C16H18O2S2.C3H8O/c1-13-3-7-15(8-4-13)19-17-11-12-18-20-16-9-5-14(2)6-10-16;1-3-4-2/h3-10H,11-12H2,1-2H3;3H2,1-2H3. The average molecular weight is 367 g/mol. The molecule has 0 radical (unpaired) electrons. The lowest BCUT2D eigenvalue weighted by Crippen LogP contribution is -1.95. The van der Waals surface area contributed by atoms with Crippen molar-refractivity contribution >= 4 is 24.1 Å². The Morgan fingerprint density at radius 3 is 1.33 bits per heavy atom. The molecule has 24 heavy (non-hydrogen) atoms. The van der Waals surface area contributed by atoms with E-state index in [2.05, 4.69) is 67.1 Å². The van der Waals surface area contributed by atoms with Crippen molar-refractivity contribution in [3.63, 3.8) is 0 Å². The minimum atomic E-state index is 0.567. The van der Waals surface area contributed by atoms with Crippen LogP contribution in [0.25, 0.3) is 0 Å². The monoisotopic (exact) mass is 366 g/mol. The van der Waals surface area contributed by atoms with Gasteiger partial charge in [0.1, 0.15) is 0 Å². The number of aryl methyl sites for hydroxylation is 2. The van der Waals surface area contributed by atoms with E-state index in [-0.39, 0.29) is 0 Å².